The Bertz CT molecular complexity index is 370. The lowest BCUT2D eigenvalue weighted by Crippen LogP contribution is -2.48. The summed E-state index contributed by atoms with van der Waals surface area (Å²) < 4.78 is 0. The lowest BCUT2D eigenvalue weighted by molar-refractivity contribution is -0.156. The molecule has 0 saturated heterocycles. The topological polar surface area (TPSA) is 77.8 Å². The van der Waals surface area contributed by atoms with Crippen LogP contribution in [0.15, 0.2) is 0 Å². The molecule has 0 unspecified atom stereocenters. The highest BCUT2D eigenvalue weighted by molar-refractivity contribution is 5.85. The second kappa shape index (κ2) is 7.25. The number of hydrogen-bond acceptors (Lipinski definition) is 3. The summed E-state index contributed by atoms with van der Waals surface area (Å²) in [5, 5.41) is 18.8. The summed E-state index contributed by atoms with van der Waals surface area (Å²) in [6.45, 7) is 0.279. The number of aliphatic carboxylic acids is 1. The number of amides is 1. The van der Waals surface area contributed by atoms with Crippen molar-refractivity contribution in [3.8, 4) is 0 Å². The Labute approximate surface area is 126 Å². The van der Waals surface area contributed by atoms with Crippen molar-refractivity contribution in [3.63, 3.8) is 0 Å². The van der Waals surface area contributed by atoms with Gasteiger partial charge in [0.2, 0.25) is 5.91 Å². The van der Waals surface area contributed by atoms with Gasteiger partial charge in [-0.3, -0.25) is 9.59 Å². The Balaban J connectivity index is 2.06. The van der Waals surface area contributed by atoms with Crippen LogP contribution in [0.2, 0.25) is 0 Å². The van der Waals surface area contributed by atoms with Crippen molar-refractivity contribution in [2.45, 2.75) is 70.3 Å². The summed E-state index contributed by atoms with van der Waals surface area (Å²) in [5.41, 5.74) is -0.884. The Morgan fingerprint density at radius 3 is 2.10 bits per heavy atom. The van der Waals surface area contributed by atoms with Gasteiger partial charge in [-0.05, 0) is 32.1 Å². The minimum Gasteiger partial charge on any atom is -0.481 e. The number of aliphatic hydroxyl groups is 1. The van der Waals surface area contributed by atoms with Gasteiger partial charge in [0, 0.05) is 19.0 Å². The summed E-state index contributed by atoms with van der Waals surface area (Å²) in [4.78, 5) is 26.1. The van der Waals surface area contributed by atoms with E-state index >= 15 is 0 Å². The van der Waals surface area contributed by atoms with E-state index in [2.05, 4.69) is 0 Å². The van der Waals surface area contributed by atoms with Crippen molar-refractivity contribution >= 4 is 11.9 Å². The van der Waals surface area contributed by atoms with E-state index in [4.69, 9.17) is 5.11 Å². The number of aliphatic hydroxyl groups excluding tert-OH is 1. The highest BCUT2D eigenvalue weighted by Gasteiger charge is 2.42. The molecule has 2 aliphatic rings. The molecule has 0 radical (unpaired) electrons. The van der Waals surface area contributed by atoms with E-state index in [0.29, 0.717) is 19.4 Å². The van der Waals surface area contributed by atoms with E-state index in [1.165, 1.54) is 0 Å². The molecule has 0 spiro atoms. The van der Waals surface area contributed by atoms with Gasteiger partial charge in [-0.15, -0.1) is 0 Å². The minimum absolute atomic E-state index is 0.0533. The number of carboxylic acids is 1. The van der Waals surface area contributed by atoms with Crippen molar-refractivity contribution in [1.29, 1.82) is 0 Å². The van der Waals surface area contributed by atoms with Crippen molar-refractivity contribution < 1.29 is 19.8 Å². The maximum Gasteiger partial charge on any atom is 0.310 e. The van der Waals surface area contributed by atoms with Gasteiger partial charge in [0.25, 0.3) is 0 Å². The number of rotatable bonds is 6. The summed E-state index contributed by atoms with van der Waals surface area (Å²) >= 11 is 0. The summed E-state index contributed by atoms with van der Waals surface area (Å²) in [7, 11) is 0. The number of carbonyl (C=O) groups is 2. The molecule has 0 aliphatic heterocycles. The third kappa shape index (κ3) is 3.76. The van der Waals surface area contributed by atoms with Crippen LogP contribution < -0.4 is 0 Å². The molecule has 5 nitrogen and oxygen atoms in total. The molecule has 2 N–H and O–H groups in total. The number of nitrogens with zero attached hydrogens (tertiary/aromatic N) is 1. The van der Waals surface area contributed by atoms with Gasteiger partial charge in [0.05, 0.1) is 12.0 Å². The van der Waals surface area contributed by atoms with Crippen LogP contribution >= 0.6 is 0 Å². The fourth-order valence-electron chi connectivity index (χ4n) is 3.58. The predicted molar refractivity (Wildman–Crippen MR) is 78.8 cm³/mol. The molecule has 0 atom stereocenters. The van der Waals surface area contributed by atoms with Gasteiger partial charge in [0.1, 0.15) is 0 Å². The molecule has 2 aliphatic carbocycles. The van der Waals surface area contributed by atoms with E-state index in [-0.39, 0.29) is 25.0 Å². The zero-order valence-electron chi connectivity index (χ0n) is 12.7. The first kappa shape index (κ1) is 16.3. The zero-order valence-corrected chi connectivity index (χ0v) is 12.7. The first-order chi connectivity index (χ1) is 10.1. The maximum absolute atomic E-state index is 12.6. The average molecular weight is 297 g/mol. The molecular weight excluding hydrogens is 270 g/mol. The summed E-state index contributed by atoms with van der Waals surface area (Å²) in [6, 6.07) is 0.210. The van der Waals surface area contributed by atoms with Crippen LogP contribution in [0.4, 0.5) is 0 Å². The van der Waals surface area contributed by atoms with Gasteiger partial charge in [-0.1, -0.05) is 25.7 Å². The van der Waals surface area contributed by atoms with Gasteiger partial charge in [-0.25, -0.2) is 0 Å². The highest BCUT2D eigenvalue weighted by atomic mass is 16.4. The zero-order chi connectivity index (χ0) is 15.3. The Morgan fingerprint density at radius 1 is 1.05 bits per heavy atom. The monoisotopic (exact) mass is 297 g/mol. The first-order valence-corrected chi connectivity index (χ1v) is 8.23. The molecular formula is C16H27NO4. The van der Waals surface area contributed by atoms with Crippen molar-refractivity contribution in [1.82, 2.24) is 4.90 Å². The molecule has 2 fully saturated rings. The van der Waals surface area contributed by atoms with E-state index < -0.39 is 11.4 Å². The fraction of sp³-hybridized carbons (Fsp3) is 0.875. The molecule has 0 aromatic rings. The van der Waals surface area contributed by atoms with E-state index in [9.17, 15) is 14.7 Å². The van der Waals surface area contributed by atoms with Crippen LogP contribution in [0, 0.1) is 5.41 Å². The maximum atomic E-state index is 12.6. The molecule has 0 aromatic heterocycles. The van der Waals surface area contributed by atoms with Crippen LogP contribution in [0.5, 0.6) is 0 Å². The number of carboxylic acid groups (broad SMARTS) is 1. The highest BCUT2D eigenvalue weighted by Crippen LogP contribution is 2.39. The number of carbonyl (C=O) groups excluding carboxylic acids is 1. The van der Waals surface area contributed by atoms with Gasteiger partial charge in [-0.2, -0.15) is 0 Å². The Morgan fingerprint density at radius 2 is 1.67 bits per heavy atom. The lowest BCUT2D eigenvalue weighted by atomic mass is 9.76. The molecule has 5 heteroatoms. The van der Waals surface area contributed by atoms with Gasteiger partial charge < -0.3 is 15.1 Å². The van der Waals surface area contributed by atoms with Crippen LogP contribution in [-0.2, 0) is 9.59 Å². The van der Waals surface area contributed by atoms with Crippen molar-refractivity contribution in [3.05, 3.63) is 0 Å². The molecule has 0 aromatic carbocycles. The van der Waals surface area contributed by atoms with Crippen LogP contribution in [0.25, 0.3) is 0 Å². The largest absolute Gasteiger partial charge is 0.481 e. The second-order valence-electron chi connectivity index (χ2n) is 6.57. The fourth-order valence-corrected chi connectivity index (χ4v) is 3.58. The lowest BCUT2D eigenvalue weighted by Gasteiger charge is -2.39. The number of hydrogen-bond donors (Lipinski definition) is 2. The standard InChI is InChI=1S/C16H27NO4/c18-11-10-17(13-6-5-7-13)14(19)12-16(15(20)21)8-3-1-2-4-9-16/h13,18H,1-12H2,(H,20,21). The minimum atomic E-state index is -0.884. The molecule has 0 bridgehead atoms. The van der Waals surface area contributed by atoms with Crippen LogP contribution in [0.1, 0.15) is 64.2 Å². The molecule has 1 amide bonds. The van der Waals surface area contributed by atoms with E-state index in [0.717, 1.165) is 44.9 Å². The third-order valence-electron chi connectivity index (χ3n) is 5.18. The SMILES string of the molecule is O=C(CC1(C(=O)O)CCCCCC1)N(CCO)C1CCC1. The van der Waals surface area contributed by atoms with E-state index in [1.54, 1.807) is 4.90 Å². The molecule has 21 heavy (non-hydrogen) atoms. The van der Waals surface area contributed by atoms with Crippen LogP contribution in [-0.4, -0.2) is 46.2 Å². The Kier molecular flexibility index (Phi) is 5.62. The predicted octanol–water partition coefficient (Wildman–Crippen LogP) is 2.18. The summed E-state index contributed by atoms with van der Waals surface area (Å²) in [5.74, 6) is -0.909. The Hall–Kier alpha value is -1.10. The molecule has 2 rings (SSSR count). The first-order valence-electron chi connectivity index (χ1n) is 8.23. The molecule has 120 valence electrons. The summed E-state index contributed by atoms with van der Waals surface area (Å²) in [6.07, 6.45) is 8.28. The smallest absolute Gasteiger partial charge is 0.310 e. The second-order valence-corrected chi connectivity index (χ2v) is 6.57. The quantitative estimate of drug-likeness (QED) is 0.737. The van der Waals surface area contributed by atoms with Crippen LogP contribution in [0.3, 0.4) is 0 Å². The third-order valence-corrected chi connectivity index (χ3v) is 5.18. The van der Waals surface area contributed by atoms with Crippen molar-refractivity contribution in [2.75, 3.05) is 13.2 Å². The molecule has 2 saturated carbocycles. The average Bonchev–Trinajstić information content (AvgIpc) is 2.62. The van der Waals surface area contributed by atoms with Crippen molar-refractivity contribution in [2.24, 2.45) is 5.41 Å². The normalized spacial score (nSPS) is 22.1. The van der Waals surface area contributed by atoms with Gasteiger partial charge >= 0.3 is 5.97 Å². The molecule has 0 heterocycles. The van der Waals surface area contributed by atoms with E-state index in [1.807, 2.05) is 0 Å². The van der Waals surface area contributed by atoms with Gasteiger partial charge in [0.15, 0.2) is 0 Å².